The second-order valence-corrected chi connectivity index (χ2v) is 16.8. The van der Waals surface area contributed by atoms with E-state index in [1.165, 1.54) is 39.1 Å². The molecule has 315 valence electrons. The quantitative estimate of drug-likeness (QED) is 0.0798. The first-order valence-electron chi connectivity index (χ1n) is 21.7. The van der Waals surface area contributed by atoms with Crippen LogP contribution in [0.2, 0.25) is 0 Å². The van der Waals surface area contributed by atoms with Gasteiger partial charge in [-0.25, -0.2) is 0 Å². The third kappa shape index (κ3) is 12.8. The summed E-state index contributed by atoms with van der Waals surface area (Å²) in [5.74, 6) is 1.45. The van der Waals surface area contributed by atoms with Gasteiger partial charge in [-0.15, -0.1) is 69.8 Å². The molecule has 1 N–H and O–H groups in total. The molecule has 0 amide bonds. The van der Waals surface area contributed by atoms with Gasteiger partial charge in [-0.05, 0) is 93.7 Å². The summed E-state index contributed by atoms with van der Waals surface area (Å²) < 4.78 is 8.03. The SMILES string of the molecule is CCC(CC)/C(O)=C/C(=O)C(C)(CC)CC.Cc1[c-]c(-c2nccc3cc(C(C)C)ccc23)cc(C)c1.[2H]c1cc2cc(C(C)C)ccc2c(-c2[c-]c(C)cc(C)c2)n1.[Ir]. The third-order valence-corrected chi connectivity index (χ3v) is 11.5. The van der Waals surface area contributed by atoms with Crippen LogP contribution in [0, 0.1) is 51.2 Å². The number of aryl methyl sites for hydroxylation is 4. The number of allylic oxidation sites excluding steroid dienone is 2. The summed E-state index contributed by atoms with van der Waals surface area (Å²) in [5, 5.41) is 14.5. The fourth-order valence-corrected chi connectivity index (χ4v) is 7.26. The molecule has 4 aromatic carbocycles. The summed E-state index contributed by atoms with van der Waals surface area (Å²) in [7, 11) is 0. The minimum atomic E-state index is -0.319. The van der Waals surface area contributed by atoms with Gasteiger partial charge in [0.25, 0.3) is 0 Å². The number of benzene rings is 4. The van der Waals surface area contributed by atoms with Gasteiger partial charge in [-0.2, -0.15) is 0 Å². The van der Waals surface area contributed by atoms with Gasteiger partial charge < -0.3 is 15.1 Å². The maximum atomic E-state index is 12.0. The van der Waals surface area contributed by atoms with Gasteiger partial charge in [0.15, 0.2) is 5.78 Å². The molecule has 0 aliphatic rings. The second-order valence-electron chi connectivity index (χ2n) is 16.8. The molecule has 4 nitrogen and oxygen atoms in total. The number of hydrogen-bond acceptors (Lipinski definition) is 4. The van der Waals surface area contributed by atoms with Gasteiger partial charge in [0.05, 0.1) is 7.13 Å². The summed E-state index contributed by atoms with van der Waals surface area (Å²) in [6.45, 7) is 27.2. The van der Waals surface area contributed by atoms with E-state index < -0.39 is 0 Å². The Morgan fingerprint density at radius 1 is 0.712 bits per heavy atom. The van der Waals surface area contributed by atoms with E-state index in [9.17, 15) is 9.90 Å². The Hall–Kier alpha value is -4.44. The summed E-state index contributed by atoms with van der Waals surface area (Å²) in [6.07, 6.45) is 7.03. The van der Waals surface area contributed by atoms with Crippen molar-refractivity contribution in [3.8, 4) is 22.5 Å². The zero-order valence-electron chi connectivity index (χ0n) is 38.7. The van der Waals surface area contributed by atoms with Crippen molar-refractivity contribution in [2.75, 3.05) is 0 Å². The first kappa shape index (κ1) is 47.2. The Bertz CT molecular complexity index is 2370. The molecule has 0 saturated heterocycles. The average Bonchev–Trinajstić information content (AvgIpc) is 3.19. The van der Waals surface area contributed by atoms with Crippen LogP contribution in [0.5, 0.6) is 0 Å². The zero-order chi connectivity index (χ0) is 43.6. The van der Waals surface area contributed by atoms with E-state index in [-0.39, 0.29) is 43.0 Å². The number of nitrogens with zero attached hydrogens (tertiary/aromatic N) is 2. The van der Waals surface area contributed by atoms with Crippen molar-refractivity contribution in [3.05, 3.63) is 143 Å². The van der Waals surface area contributed by atoms with Gasteiger partial charge in [-0.3, -0.25) is 4.79 Å². The molecule has 0 atom stereocenters. The van der Waals surface area contributed by atoms with Crippen LogP contribution >= 0.6 is 0 Å². The first-order chi connectivity index (χ1) is 27.9. The van der Waals surface area contributed by atoms with E-state index in [0.29, 0.717) is 18.0 Å². The Balaban J connectivity index is 0.000000242. The van der Waals surface area contributed by atoms with Gasteiger partial charge in [-0.1, -0.05) is 126 Å². The topological polar surface area (TPSA) is 63.1 Å². The van der Waals surface area contributed by atoms with Crippen molar-refractivity contribution >= 4 is 27.3 Å². The second kappa shape index (κ2) is 22.2. The number of aromatic nitrogens is 2. The van der Waals surface area contributed by atoms with Gasteiger partial charge in [0.2, 0.25) is 0 Å². The number of fused-ring (bicyclic) bond motifs is 2. The van der Waals surface area contributed by atoms with Crippen LogP contribution in [0.15, 0.2) is 97.0 Å². The van der Waals surface area contributed by atoms with Crippen LogP contribution in [0.25, 0.3) is 44.1 Å². The average molecular weight is 968 g/mol. The van der Waals surface area contributed by atoms with Crippen LogP contribution in [0.4, 0.5) is 0 Å². The number of aliphatic hydroxyl groups is 1. The van der Waals surface area contributed by atoms with Crippen molar-refractivity contribution in [2.24, 2.45) is 11.3 Å². The minimum absolute atomic E-state index is 0. The van der Waals surface area contributed by atoms with E-state index in [2.05, 4.69) is 137 Å². The minimum Gasteiger partial charge on any atom is -0.512 e. The van der Waals surface area contributed by atoms with E-state index >= 15 is 0 Å². The number of rotatable bonds is 11. The Morgan fingerprint density at radius 3 is 1.59 bits per heavy atom. The standard InChI is InChI=1S/2C20H20N.C14H26O2.Ir/c2*1-13(2)16-5-6-19-17(12-16)7-8-21-20(19)18-10-14(3)9-15(4)11-18;1-6-11(7-2)12(15)10-13(16)14(5,8-3)9-4;/h2*5-10,12-13H,1-4H3;10-11,15H,6-9H2,1-5H3;/q2*-1;;/b;;12-10-;/i8D;;;. The maximum absolute atomic E-state index is 12.0. The molecule has 0 fully saturated rings. The molecule has 0 aliphatic heterocycles. The first-order valence-corrected chi connectivity index (χ1v) is 21.2. The van der Waals surface area contributed by atoms with E-state index in [4.69, 9.17) is 1.37 Å². The van der Waals surface area contributed by atoms with Crippen molar-refractivity contribution in [3.63, 3.8) is 0 Å². The Kier molecular flexibility index (Phi) is 17.8. The normalized spacial score (nSPS) is 11.9. The smallest absolute Gasteiger partial charge is 0.164 e. The molecule has 5 heteroatoms. The fraction of sp³-hybridized carbons (Fsp3) is 0.389. The summed E-state index contributed by atoms with van der Waals surface area (Å²) >= 11 is 0. The maximum Gasteiger partial charge on any atom is 0.164 e. The molecule has 0 spiro atoms. The predicted molar refractivity (Wildman–Crippen MR) is 248 cm³/mol. The zero-order valence-corrected chi connectivity index (χ0v) is 40.1. The number of ketones is 1. The summed E-state index contributed by atoms with van der Waals surface area (Å²) in [6, 6.07) is 32.4. The van der Waals surface area contributed by atoms with Gasteiger partial charge >= 0.3 is 0 Å². The summed E-state index contributed by atoms with van der Waals surface area (Å²) in [4.78, 5) is 21.1. The number of hydrogen-bond donors (Lipinski definition) is 1. The number of aliphatic hydroxyl groups excluding tert-OH is 1. The number of carbonyl (C=O) groups is 1. The Morgan fingerprint density at radius 2 is 1.17 bits per heavy atom. The van der Waals surface area contributed by atoms with Crippen molar-refractivity contribution < 1.29 is 31.4 Å². The molecule has 1 radical (unpaired) electrons. The van der Waals surface area contributed by atoms with E-state index in [1.54, 1.807) is 0 Å². The predicted octanol–water partition coefficient (Wildman–Crippen LogP) is 15.1. The van der Waals surface area contributed by atoms with Crippen molar-refractivity contribution in [1.29, 1.82) is 0 Å². The molecule has 0 aliphatic carbocycles. The van der Waals surface area contributed by atoms with Crippen LogP contribution in [0.3, 0.4) is 0 Å². The molecule has 2 heterocycles. The molecule has 0 bridgehead atoms. The van der Waals surface area contributed by atoms with Crippen molar-refractivity contribution in [1.82, 2.24) is 9.97 Å². The molecular formula is C54H66IrN2O2-2. The molecule has 59 heavy (non-hydrogen) atoms. The molecule has 0 unspecified atom stereocenters. The number of pyridine rings is 2. The van der Waals surface area contributed by atoms with Crippen LogP contribution in [-0.4, -0.2) is 20.9 Å². The van der Waals surface area contributed by atoms with E-state index in [1.807, 2.05) is 53.8 Å². The molecule has 6 aromatic rings. The third-order valence-electron chi connectivity index (χ3n) is 11.5. The number of carbonyl (C=O) groups excluding carboxylic acids is 1. The summed E-state index contributed by atoms with van der Waals surface area (Å²) in [5.41, 5.74) is 10.9. The monoisotopic (exact) mass is 968 g/mol. The van der Waals surface area contributed by atoms with Crippen LogP contribution < -0.4 is 0 Å². The van der Waals surface area contributed by atoms with Crippen LogP contribution in [0.1, 0.15) is 135 Å². The van der Waals surface area contributed by atoms with E-state index in [0.717, 1.165) is 70.1 Å². The molecular weight excluding hydrogens is 901 g/mol. The fourth-order valence-electron chi connectivity index (χ4n) is 7.26. The Labute approximate surface area is 370 Å². The molecule has 6 rings (SSSR count). The molecule has 2 aromatic heterocycles. The van der Waals surface area contributed by atoms with Crippen LogP contribution in [-0.2, 0) is 24.9 Å². The van der Waals surface area contributed by atoms with Gasteiger partial charge in [0, 0.05) is 49.9 Å². The van der Waals surface area contributed by atoms with Gasteiger partial charge in [0.1, 0.15) is 0 Å². The molecule has 0 saturated carbocycles. The largest absolute Gasteiger partial charge is 0.512 e. The van der Waals surface area contributed by atoms with Crippen molar-refractivity contribution in [2.45, 2.75) is 128 Å².